The van der Waals surface area contributed by atoms with E-state index in [1.165, 1.54) is 5.56 Å². The molecule has 0 saturated heterocycles. The molecule has 0 spiro atoms. The Bertz CT molecular complexity index is 632. The Balaban J connectivity index is 1.91. The largest absolute Gasteiger partial charge is 0.493 e. The summed E-state index contributed by atoms with van der Waals surface area (Å²) in [6.07, 6.45) is 0. The van der Waals surface area contributed by atoms with E-state index in [1.54, 1.807) is 0 Å². The van der Waals surface area contributed by atoms with Gasteiger partial charge in [-0.2, -0.15) is 0 Å². The van der Waals surface area contributed by atoms with Crippen molar-refractivity contribution >= 4 is 33.2 Å². The maximum absolute atomic E-state index is 6.16. The standard InChI is InChI=1S/C16H15BrClNO/c1-10-9-20-15-5-3-2-4-12(15)16(10)19-11-6-7-13(17)14(18)8-11/h2-8,10,16,19H,9H2,1H3. The average Bonchev–Trinajstić information content (AvgIpc) is 2.46. The number of halogens is 2. The van der Waals surface area contributed by atoms with E-state index in [4.69, 9.17) is 16.3 Å². The molecule has 0 amide bonds. The highest BCUT2D eigenvalue weighted by molar-refractivity contribution is 9.10. The predicted molar refractivity (Wildman–Crippen MR) is 86.6 cm³/mol. The van der Waals surface area contributed by atoms with Crippen LogP contribution in [0.2, 0.25) is 5.02 Å². The lowest BCUT2D eigenvalue weighted by Gasteiger charge is -2.32. The summed E-state index contributed by atoms with van der Waals surface area (Å²) in [5.41, 5.74) is 2.22. The van der Waals surface area contributed by atoms with Crippen LogP contribution in [0, 0.1) is 5.92 Å². The summed E-state index contributed by atoms with van der Waals surface area (Å²) in [5, 5.41) is 4.28. The van der Waals surface area contributed by atoms with E-state index < -0.39 is 0 Å². The minimum atomic E-state index is 0.234. The highest BCUT2D eigenvalue weighted by atomic mass is 79.9. The van der Waals surface area contributed by atoms with Crippen LogP contribution < -0.4 is 10.1 Å². The van der Waals surface area contributed by atoms with Gasteiger partial charge in [-0.1, -0.05) is 36.7 Å². The van der Waals surface area contributed by atoms with Gasteiger partial charge >= 0.3 is 0 Å². The molecule has 2 aromatic rings. The number of rotatable bonds is 2. The van der Waals surface area contributed by atoms with Crippen LogP contribution in [-0.2, 0) is 0 Å². The zero-order chi connectivity index (χ0) is 14.1. The Hall–Kier alpha value is -1.19. The Kier molecular flexibility index (Phi) is 3.90. The van der Waals surface area contributed by atoms with Gasteiger partial charge in [0.2, 0.25) is 0 Å². The average molecular weight is 353 g/mol. The van der Waals surface area contributed by atoms with Crippen molar-refractivity contribution in [2.24, 2.45) is 5.92 Å². The fraction of sp³-hybridized carbons (Fsp3) is 0.250. The summed E-state index contributed by atoms with van der Waals surface area (Å²) in [7, 11) is 0. The molecule has 4 heteroatoms. The molecule has 2 aromatic carbocycles. The van der Waals surface area contributed by atoms with Gasteiger partial charge in [0.25, 0.3) is 0 Å². The van der Waals surface area contributed by atoms with Gasteiger partial charge in [0, 0.05) is 21.6 Å². The molecule has 2 unspecified atom stereocenters. The first kappa shape index (κ1) is 13.8. The molecule has 2 atom stereocenters. The van der Waals surface area contributed by atoms with E-state index in [2.05, 4.69) is 34.2 Å². The van der Waals surface area contributed by atoms with Crippen molar-refractivity contribution in [3.05, 3.63) is 57.5 Å². The van der Waals surface area contributed by atoms with Gasteiger partial charge in [-0.3, -0.25) is 0 Å². The van der Waals surface area contributed by atoms with Gasteiger partial charge in [-0.25, -0.2) is 0 Å². The summed E-state index contributed by atoms with van der Waals surface area (Å²) >= 11 is 9.57. The number of ether oxygens (including phenoxy) is 1. The zero-order valence-electron chi connectivity index (χ0n) is 11.1. The number of hydrogen-bond donors (Lipinski definition) is 1. The maximum atomic E-state index is 6.16. The molecular formula is C16H15BrClNO. The van der Waals surface area contributed by atoms with Gasteiger partial charge < -0.3 is 10.1 Å². The molecule has 1 aliphatic heterocycles. The molecule has 0 radical (unpaired) electrons. The molecule has 0 aliphatic carbocycles. The fourth-order valence-corrected chi connectivity index (χ4v) is 2.91. The van der Waals surface area contributed by atoms with Gasteiger partial charge in [-0.05, 0) is 40.2 Å². The second-order valence-electron chi connectivity index (χ2n) is 5.08. The normalized spacial score (nSPS) is 20.9. The lowest BCUT2D eigenvalue weighted by molar-refractivity contribution is 0.214. The number of fused-ring (bicyclic) bond motifs is 1. The lowest BCUT2D eigenvalue weighted by atomic mass is 9.92. The minimum Gasteiger partial charge on any atom is -0.493 e. The van der Waals surface area contributed by atoms with Crippen molar-refractivity contribution in [3.8, 4) is 5.75 Å². The molecule has 1 aliphatic rings. The second kappa shape index (κ2) is 5.66. The van der Waals surface area contributed by atoms with E-state index in [-0.39, 0.29) is 6.04 Å². The van der Waals surface area contributed by atoms with Gasteiger partial charge in [0.15, 0.2) is 0 Å². The summed E-state index contributed by atoms with van der Waals surface area (Å²) in [6, 6.07) is 14.3. The summed E-state index contributed by atoms with van der Waals surface area (Å²) in [5.74, 6) is 1.36. The van der Waals surface area contributed by atoms with Crippen LogP contribution in [0.1, 0.15) is 18.5 Å². The van der Waals surface area contributed by atoms with E-state index in [0.717, 1.165) is 22.5 Å². The molecular weight excluding hydrogens is 338 g/mol. The first-order valence-corrected chi connectivity index (χ1v) is 7.75. The first-order chi connectivity index (χ1) is 9.65. The van der Waals surface area contributed by atoms with Gasteiger partial charge in [-0.15, -0.1) is 0 Å². The zero-order valence-corrected chi connectivity index (χ0v) is 13.4. The van der Waals surface area contributed by atoms with E-state index in [1.807, 2.05) is 36.4 Å². The molecule has 20 heavy (non-hydrogen) atoms. The number of nitrogens with one attached hydrogen (secondary N) is 1. The van der Waals surface area contributed by atoms with Crippen LogP contribution in [0.15, 0.2) is 46.9 Å². The number of anilines is 1. The third-order valence-corrected chi connectivity index (χ3v) is 4.80. The van der Waals surface area contributed by atoms with E-state index in [9.17, 15) is 0 Å². The van der Waals surface area contributed by atoms with Crippen LogP contribution in [0.4, 0.5) is 5.69 Å². The number of para-hydroxylation sites is 1. The quantitative estimate of drug-likeness (QED) is 0.793. The first-order valence-electron chi connectivity index (χ1n) is 6.58. The Morgan fingerprint density at radius 1 is 1.25 bits per heavy atom. The van der Waals surface area contributed by atoms with E-state index >= 15 is 0 Å². The van der Waals surface area contributed by atoms with Crippen molar-refractivity contribution in [1.82, 2.24) is 0 Å². The fourth-order valence-electron chi connectivity index (χ4n) is 2.48. The predicted octanol–water partition coefficient (Wildman–Crippen LogP) is 5.28. The Morgan fingerprint density at radius 2 is 2.05 bits per heavy atom. The second-order valence-corrected chi connectivity index (χ2v) is 6.34. The summed E-state index contributed by atoms with van der Waals surface area (Å²) in [6.45, 7) is 2.91. The highest BCUT2D eigenvalue weighted by Crippen LogP contribution is 2.38. The molecule has 0 saturated carbocycles. The lowest BCUT2D eigenvalue weighted by Crippen LogP contribution is -2.28. The third-order valence-electron chi connectivity index (χ3n) is 3.57. The van der Waals surface area contributed by atoms with Crippen LogP contribution in [0.5, 0.6) is 5.75 Å². The molecule has 0 aromatic heterocycles. The van der Waals surface area contributed by atoms with Crippen LogP contribution in [0.25, 0.3) is 0 Å². The smallest absolute Gasteiger partial charge is 0.124 e. The van der Waals surface area contributed by atoms with Gasteiger partial charge in [0.1, 0.15) is 5.75 Å². The molecule has 3 rings (SSSR count). The Morgan fingerprint density at radius 3 is 2.85 bits per heavy atom. The maximum Gasteiger partial charge on any atom is 0.124 e. The molecule has 2 nitrogen and oxygen atoms in total. The summed E-state index contributed by atoms with van der Waals surface area (Å²) in [4.78, 5) is 0. The molecule has 0 bridgehead atoms. The highest BCUT2D eigenvalue weighted by Gasteiger charge is 2.27. The molecule has 0 fully saturated rings. The molecule has 104 valence electrons. The Labute approximate surface area is 132 Å². The minimum absolute atomic E-state index is 0.234. The van der Waals surface area contributed by atoms with Crippen LogP contribution in [-0.4, -0.2) is 6.61 Å². The topological polar surface area (TPSA) is 21.3 Å². The van der Waals surface area contributed by atoms with Crippen molar-refractivity contribution in [2.45, 2.75) is 13.0 Å². The third kappa shape index (κ3) is 2.65. The van der Waals surface area contributed by atoms with Crippen LogP contribution in [0.3, 0.4) is 0 Å². The summed E-state index contributed by atoms with van der Waals surface area (Å²) < 4.78 is 6.68. The van der Waals surface area contributed by atoms with E-state index in [0.29, 0.717) is 10.9 Å². The number of benzene rings is 2. The van der Waals surface area contributed by atoms with Crippen molar-refractivity contribution < 1.29 is 4.74 Å². The van der Waals surface area contributed by atoms with Gasteiger partial charge in [0.05, 0.1) is 17.7 Å². The van der Waals surface area contributed by atoms with Crippen molar-refractivity contribution in [2.75, 3.05) is 11.9 Å². The monoisotopic (exact) mass is 351 g/mol. The molecule has 1 heterocycles. The van der Waals surface area contributed by atoms with Crippen molar-refractivity contribution in [3.63, 3.8) is 0 Å². The van der Waals surface area contributed by atoms with Crippen LogP contribution >= 0.6 is 27.5 Å². The van der Waals surface area contributed by atoms with Crippen molar-refractivity contribution in [1.29, 1.82) is 0 Å². The number of hydrogen-bond acceptors (Lipinski definition) is 2. The SMILES string of the molecule is CC1COc2ccccc2C1Nc1ccc(Br)c(Cl)c1. The molecule has 1 N–H and O–H groups in total.